The summed E-state index contributed by atoms with van der Waals surface area (Å²) in [4.78, 5) is 12.0. The summed E-state index contributed by atoms with van der Waals surface area (Å²) in [6.07, 6.45) is 9.38. The van der Waals surface area contributed by atoms with Gasteiger partial charge in [-0.2, -0.15) is 0 Å². The van der Waals surface area contributed by atoms with Gasteiger partial charge in [0.15, 0.2) is 0 Å². The van der Waals surface area contributed by atoms with Gasteiger partial charge in [-0.25, -0.2) is 0 Å². The minimum atomic E-state index is -0.622. The molecule has 124 valence electrons. The van der Waals surface area contributed by atoms with Crippen molar-refractivity contribution in [3.05, 3.63) is 11.6 Å². The third kappa shape index (κ3) is 2.01. The van der Waals surface area contributed by atoms with Gasteiger partial charge in [0, 0.05) is 6.61 Å². The summed E-state index contributed by atoms with van der Waals surface area (Å²) >= 11 is 0. The predicted molar refractivity (Wildman–Crippen MR) is 86.4 cm³/mol. The summed E-state index contributed by atoms with van der Waals surface area (Å²) in [5.74, 6) is 0.0432. The van der Waals surface area contributed by atoms with Gasteiger partial charge < -0.3 is 10.2 Å². The lowest BCUT2D eigenvalue weighted by Gasteiger charge is -2.59. The van der Waals surface area contributed by atoms with Crippen molar-refractivity contribution in [2.75, 3.05) is 6.61 Å². The van der Waals surface area contributed by atoms with Crippen LogP contribution in [0.15, 0.2) is 11.6 Å². The largest absolute Gasteiger partial charge is 0.481 e. The molecule has 4 unspecified atom stereocenters. The zero-order valence-electron chi connectivity index (χ0n) is 14.2. The van der Waals surface area contributed by atoms with Crippen molar-refractivity contribution in [1.82, 2.24) is 0 Å². The summed E-state index contributed by atoms with van der Waals surface area (Å²) in [5, 5.41) is 19.8. The Balaban J connectivity index is 2.03. The van der Waals surface area contributed by atoms with Crippen molar-refractivity contribution < 1.29 is 15.0 Å². The Bertz CT molecular complexity index is 511. The van der Waals surface area contributed by atoms with Crippen LogP contribution in [0.2, 0.25) is 0 Å². The monoisotopic (exact) mass is 306 g/mol. The van der Waals surface area contributed by atoms with E-state index in [2.05, 4.69) is 19.9 Å². The summed E-state index contributed by atoms with van der Waals surface area (Å²) < 4.78 is 0. The lowest BCUT2D eigenvalue weighted by molar-refractivity contribution is -0.161. The molecule has 0 spiro atoms. The van der Waals surface area contributed by atoms with Crippen LogP contribution in [0.1, 0.15) is 65.7 Å². The normalized spacial score (nSPS) is 48.1. The maximum absolute atomic E-state index is 12.0. The molecule has 2 N–H and O–H groups in total. The lowest BCUT2D eigenvalue weighted by Crippen LogP contribution is -2.54. The number of carboxylic acid groups (broad SMARTS) is 1. The molecule has 22 heavy (non-hydrogen) atoms. The third-order valence-electron chi connectivity index (χ3n) is 7.48. The molecule has 0 radical (unpaired) electrons. The maximum Gasteiger partial charge on any atom is 0.309 e. The number of aliphatic hydroxyl groups excluding tert-OH is 1. The maximum atomic E-state index is 12.0. The van der Waals surface area contributed by atoms with E-state index in [0.29, 0.717) is 5.92 Å². The van der Waals surface area contributed by atoms with Crippen molar-refractivity contribution in [3.8, 4) is 0 Å². The van der Waals surface area contributed by atoms with Crippen LogP contribution in [0.3, 0.4) is 0 Å². The van der Waals surface area contributed by atoms with Crippen molar-refractivity contribution >= 4 is 5.97 Å². The van der Waals surface area contributed by atoms with E-state index in [1.165, 1.54) is 5.57 Å². The molecule has 3 aliphatic carbocycles. The average molecular weight is 306 g/mol. The first-order valence-corrected chi connectivity index (χ1v) is 8.83. The van der Waals surface area contributed by atoms with E-state index in [1.54, 1.807) is 0 Å². The molecule has 0 aromatic rings. The first kappa shape index (κ1) is 16.0. The van der Waals surface area contributed by atoms with E-state index >= 15 is 0 Å². The fourth-order valence-corrected chi connectivity index (χ4v) is 6.02. The van der Waals surface area contributed by atoms with Crippen LogP contribution >= 0.6 is 0 Å². The van der Waals surface area contributed by atoms with Crippen molar-refractivity contribution in [3.63, 3.8) is 0 Å². The van der Waals surface area contributed by atoms with E-state index in [4.69, 9.17) is 0 Å². The van der Waals surface area contributed by atoms with Gasteiger partial charge in [-0.15, -0.1) is 0 Å². The van der Waals surface area contributed by atoms with Gasteiger partial charge in [-0.05, 0) is 68.1 Å². The van der Waals surface area contributed by atoms with Gasteiger partial charge in [0.25, 0.3) is 0 Å². The van der Waals surface area contributed by atoms with Gasteiger partial charge in [0.05, 0.1) is 5.41 Å². The summed E-state index contributed by atoms with van der Waals surface area (Å²) in [5.41, 5.74) is 0.866. The van der Waals surface area contributed by atoms with Gasteiger partial charge in [-0.1, -0.05) is 31.9 Å². The molecule has 2 saturated carbocycles. The quantitative estimate of drug-likeness (QED) is 0.758. The Morgan fingerprint density at radius 2 is 1.95 bits per heavy atom. The predicted octanol–water partition coefficient (Wildman–Crippen LogP) is 4.01. The van der Waals surface area contributed by atoms with Crippen LogP contribution in [-0.2, 0) is 4.79 Å². The first-order chi connectivity index (χ1) is 10.3. The second kappa shape index (κ2) is 5.09. The number of carboxylic acids is 1. The molecular weight excluding hydrogens is 276 g/mol. The minimum absolute atomic E-state index is 0.00512. The Hall–Kier alpha value is -0.830. The van der Waals surface area contributed by atoms with E-state index in [1.807, 2.05) is 6.92 Å². The molecule has 2 fully saturated rings. The second-order valence-electron chi connectivity index (χ2n) is 8.69. The Labute approximate surface area is 133 Å². The van der Waals surface area contributed by atoms with Crippen LogP contribution in [0.25, 0.3) is 0 Å². The molecule has 0 aromatic carbocycles. The number of hydrogen-bond acceptors (Lipinski definition) is 2. The SMILES string of the molecule is CC1(C(=O)O)CCCC2(C)C3=CCC[C@](C)(CO)C3CCC12. The Morgan fingerprint density at radius 1 is 1.23 bits per heavy atom. The Morgan fingerprint density at radius 3 is 2.59 bits per heavy atom. The topological polar surface area (TPSA) is 57.5 Å². The Kier molecular flexibility index (Phi) is 3.71. The van der Waals surface area contributed by atoms with Gasteiger partial charge in [0.1, 0.15) is 0 Å². The standard InChI is InChI=1S/C19H30O3/c1-17(12-20)9-4-6-14-13(17)7-8-15-18(14,2)10-5-11-19(15,3)16(21)22/h6,13,15,20H,4-5,7-12H2,1-3H3,(H,21,22)/t13?,15?,17-,18?,19?/m1/s1. The summed E-state index contributed by atoms with van der Waals surface area (Å²) in [7, 11) is 0. The summed E-state index contributed by atoms with van der Waals surface area (Å²) in [6, 6.07) is 0. The molecular formula is C19H30O3. The zero-order valence-corrected chi connectivity index (χ0v) is 14.2. The van der Waals surface area contributed by atoms with Gasteiger partial charge in [0.2, 0.25) is 0 Å². The van der Waals surface area contributed by atoms with Crippen LogP contribution in [0.4, 0.5) is 0 Å². The number of aliphatic carboxylic acids is 1. The van der Waals surface area contributed by atoms with Crippen LogP contribution in [0.5, 0.6) is 0 Å². The third-order valence-corrected chi connectivity index (χ3v) is 7.48. The van der Waals surface area contributed by atoms with Crippen molar-refractivity contribution in [2.24, 2.45) is 28.1 Å². The van der Waals surface area contributed by atoms with Crippen LogP contribution < -0.4 is 0 Å². The number of carbonyl (C=O) groups is 1. The minimum Gasteiger partial charge on any atom is -0.481 e. The average Bonchev–Trinajstić information content (AvgIpc) is 2.47. The smallest absolute Gasteiger partial charge is 0.309 e. The van der Waals surface area contributed by atoms with Gasteiger partial charge in [-0.3, -0.25) is 4.79 Å². The highest BCUT2D eigenvalue weighted by Gasteiger charge is 2.59. The van der Waals surface area contributed by atoms with E-state index in [-0.39, 0.29) is 23.4 Å². The van der Waals surface area contributed by atoms with E-state index < -0.39 is 11.4 Å². The number of hydrogen-bond donors (Lipinski definition) is 2. The first-order valence-electron chi connectivity index (χ1n) is 8.83. The van der Waals surface area contributed by atoms with Crippen LogP contribution in [-0.4, -0.2) is 22.8 Å². The molecule has 0 aromatic heterocycles. The zero-order chi connectivity index (χ0) is 16.2. The summed E-state index contributed by atoms with van der Waals surface area (Å²) in [6.45, 7) is 6.73. The highest BCUT2D eigenvalue weighted by molar-refractivity contribution is 5.75. The second-order valence-corrected chi connectivity index (χ2v) is 8.69. The molecule has 5 atom stereocenters. The molecule has 0 amide bonds. The number of rotatable bonds is 2. The molecule has 3 rings (SSSR count). The molecule has 0 bridgehead atoms. The lowest BCUT2D eigenvalue weighted by atomic mass is 9.44. The van der Waals surface area contributed by atoms with Gasteiger partial charge >= 0.3 is 5.97 Å². The van der Waals surface area contributed by atoms with Crippen LogP contribution in [0, 0.1) is 28.1 Å². The molecule has 0 heterocycles. The highest BCUT2D eigenvalue weighted by Crippen LogP contribution is 2.64. The number of fused-ring (bicyclic) bond motifs is 3. The fraction of sp³-hybridized carbons (Fsp3) is 0.842. The number of allylic oxidation sites excluding steroid dienone is 2. The van der Waals surface area contributed by atoms with E-state index in [0.717, 1.165) is 44.9 Å². The molecule has 3 aliphatic rings. The number of aliphatic hydroxyl groups is 1. The highest BCUT2D eigenvalue weighted by atomic mass is 16.4. The fourth-order valence-electron chi connectivity index (χ4n) is 6.02. The van der Waals surface area contributed by atoms with E-state index in [9.17, 15) is 15.0 Å². The molecule has 0 saturated heterocycles. The molecule has 3 nitrogen and oxygen atoms in total. The van der Waals surface area contributed by atoms with Crippen molar-refractivity contribution in [2.45, 2.75) is 65.7 Å². The van der Waals surface area contributed by atoms with Crippen molar-refractivity contribution in [1.29, 1.82) is 0 Å². The molecule has 3 heteroatoms. The molecule has 0 aliphatic heterocycles.